The van der Waals surface area contributed by atoms with E-state index in [2.05, 4.69) is 13.0 Å². The molecule has 0 radical (unpaired) electrons. The van der Waals surface area contributed by atoms with E-state index >= 15 is 0 Å². The predicted molar refractivity (Wildman–Crippen MR) is 55.1 cm³/mol. The molecule has 14 heavy (non-hydrogen) atoms. The SMILES string of the molecule is CC(=O)C1CC=C(C)CC1.CC(=O)O. The third-order valence-electron chi connectivity index (χ3n) is 2.21. The third-order valence-corrected chi connectivity index (χ3v) is 2.21. The van der Waals surface area contributed by atoms with Crippen LogP contribution in [0, 0.1) is 5.92 Å². The molecule has 0 saturated heterocycles. The number of carbonyl (C=O) groups is 2. The quantitative estimate of drug-likeness (QED) is 0.658. The lowest BCUT2D eigenvalue weighted by Gasteiger charge is -2.16. The second-order valence-electron chi connectivity index (χ2n) is 3.65. The van der Waals surface area contributed by atoms with Gasteiger partial charge in [-0.1, -0.05) is 11.6 Å². The summed E-state index contributed by atoms with van der Waals surface area (Å²) >= 11 is 0. The van der Waals surface area contributed by atoms with E-state index in [1.165, 1.54) is 5.57 Å². The molecule has 0 aromatic heterocycles. The monoisotopic (exact) mass is 198 g/mol. The lowest BCUT2D eigenvalue weighted by atomic mass is 9.88. The smallest absolute Gasteiger partial charge is 0.300 e. The van der Waals surface area contributed by atoms with Crippen LogP contribution in [0.5, 0.6) is 0 Å². The van der Waals surface area contributed by atoms with Crippen LogP contribution in [0.2, 0.25) is 0 Å². The summed E-state index contributed by atoms with van der Waals surface area (Å²) in [6.45, 7) is 4.91. The summed E-state index contributed by atoms with van der Waals surface area (Å²) in [6, 6.07) is 0. The first-order valence-corrected chi connectivity index (χ1v) is 4.79. The van der Waals surface area contributed by atoms with Crippen LogP contribution in [0.15, 0.2) is 11.6 Å². The average molecular weight is 198 g/mol. The van der Waals surface area contributed by atoms with Crippen molar-refractivity contribution in [1.82, 2.24) is 0 Å². The van der Waals surface area contributed by atoms with Crippen molar-refractivity contribution in [3.8, 4) is 0 Å². The van der Waals surface area contributed by atoms with Crippen molar-refractivity contribution in [3.63, 3.8) is 0 Å². The molecule has 0 heterocycles. The molecule has 1 unspecified atom stereocenters. The number of ketones is 1. The normalized spacial score (nSPS) is 20.2. The second kappa shape index (κ2) is 6.35. The highest BCUT2D eigenvalue weighted by atomic mass is 16.4. The van der Waals surface area contributed by atoms with E-state index in [0.717, 1.165) is 26.2 Å². The van der Waals surface area contributed by atoms with Gasteiger partial charge < -0.3 is 5.11 Å². The van der Waals surface area contributed by atoms with Gasteiger partial charge in [-0.05, 0) is 33.1 Å². The van der Waals surface area contributed by atoms with Crippen molar-refractivity contribution >= 4 is 11.8 Å². The van der Waals surface area contributed by atoms with Crippen LogP contribution in [-0.4, -0.2) is 16.9 Å². The standard InChI is InChI=1S/C9H14O.C2H4O2/c1-7-3-5-9(6-4-7)8(2)10;1-2(3)4/h3,9H,4-6H2,1-2H3;1H3,(H,3,4). The topological polar surface area (TPSA) is 54.4 Å². The molecule has 0 saturated carbocycles. The first-order valence-electron chi connectivity index (χ1n) is 4.79. The predicted octanol–water partition coefficient (Wildman–Crippen LogP) is 2.41. The van der Waals surface area contributed by atoms with Crippen LogP contribution in [0.25, 0.3) is 0 Å². The average Bonchev–Trinajstić information content (AvgIpc) is 2.03. The maximum atomic E-state index is 10.9. The van der Waals surface area contributed by atoms with Gasteiger partial charge >= 0.3 is 0 Å². The van der Waals surface area contributed by atoms with Crippen molar-refractivity contribution in [1.29, 1.82) is 0 Å². The number of rotatable bonds is 1. The van der Waals surface area contributed by atoms with Gasteiger partial charge in [-0.25, -0.2) is 0 Å². The summed E-state index contributed by atoms with van der Waals surface area (Å²) in [7, 11) is 0. The van der Waals surface area contributed by atoms with Crippen molar-refractivity contribution in [3.05, 3.63) is 11.6 Å². The van der Waals surface area contributed by atoms with Gasteiger partial charge in [0, 0.05) is 12.8 Å². The maximum Gasteiger partial charge on any atom is 0.300 e. The van der Waals surface area contributed by atoms with Gasteiger partial charge in [0.25, 0.3) is 5.97 Å². The molecule has 0 spiro atoms. The zero-order valence-corrected chi connectivity index (χ0v) is 9.04. The molecule has 0 aromatic rings. The first-order chi connectivity index (χ1) is 6.43. The number of carboxylic acid groups (broad SMARTS) is 1. The molecule has 1 N–H and O–H groups in total. The Morgan fingerprint density at radius 1 is 1.43 bits per heavy atom. The largest absolute Gasteiger partial charge is 0.481 e. The van der Waals surface area contributed by atoms with Crippen LogP contribution in [-0.2, 0) is 9.59 Å². The molecule has 1 atom stereocenters. The van der Waals surface area contributed by atoms with E-state index in [1.54, 1.807) is 6.92 Å². The van der Waals surface area contributed by atoms with Crippen LogP contribution in [0.1, 0.15) is 40.0 Å². The zero-order valence-electron chi connectivity index (χ0n) is 9.04. The molecule has 1 aliphatic carbocycles. The molecule has 0 bridgehead atoms. The number of Topliss-reactive ketones (excluding diaryl/α,β-unsaturated/α-hetero) is 1. The highest BCUT2D eigenvalue weighted by Crippen LogP contribution is 2.23. The van der Waals surface area contributed by atoms with Crippen LogP contribution >= 0.6 is 0 Å². The van der Waals surface area contributed by atoms with Gasteiger partial charge in [0.15, 0.2) is 0 Å². The van der Waals surface area contributed by atoms with E-state index in [0.29, 0.717) is 11.7 Å². The molecule has 80 valence electrons. The van der Waals surface area contributed by atoms with E-state index < -0.39 is 5.97 Å². The minimum atomic E-state index is -0.833. The highest BCUT2D eigenvalue weighted by Gasteiger charge is 2.15. The summed E-state index contributed by atoms with van der Waals surface area (Å²) in [5.74, 6) is -0.160. The Morgan fingerprint density at radius 3 is 2.21 bits per heavy atom. The Bertz CT molecular complexity index is 237. The van der Waals surface area contributed by atoms with Gasteiger partial charge in [0.2, 0.25) is 0 Å². The Balaban J connectivity index is 0.000000364. The summed E-state index contributed by atoms with van der Waals surface area (Å²) in [5, 5.41) is 7.42. The maximum absolute atomic E-state index is 10.9. The molecule has 1 aliphatic rings. The number of aliphatic carboxylic acids is 1. The van der Waals surface area contributed by atoms with Gasteiger partial charge in [-0.3, -0.25) is 9.59 Å². The zero-order chi connectivity index (χ0) is 11.1. The third kappa shape index (κ3) is 6.40. The molecule has 0 fully saturated rings. The Kier molecular flexibility index (Phi) is 5.84. The molecular formula is C11H18O3. The molecule has 0 aromatic carbocycles. The van der Waals surface area contributed by atoms with Gasteiger partial charge in [0.1, 0.15) is 5.78 Å². The summed E-state index contributed by atoms with van der Waals surface area (Å²) in [5.41, 5.74) is 1.44. The number of hydrogen-bond donors (Lipinski definition) is 1. The van der Waals surface area contributed by atoms with E-state index in [9.17, 15) is 4.79 Å². The molecular weight excluding hydrogens is 180 g/mol. The fourth-order valence-electron chi connectivity index (χ4n) is 1.33. The Morgan fingerprint density at radius 2 is 1.93 bits per heavy atom. The Hall–Kier alpha value is -1.12. The number of carboxylic acids is 1. The van der Waals surface area contributed by atoms with Crippen LogP contribution < -0.4 is 0 Å². The lowest BCUT2D eigenvalue weighted by molar-refractivity contribution is -0.134. The highest BCUT2D eigenvalue weighted by molar-refractivity contribution is 5.78. The van der Waals surface area contributed by atoms with Gasteiger partial charge in [0.05, 0.1) is 0 Å². The van der Waals surface area contributed by atoms with Crippen molar-refractivity contribution in [2.75, 3.05) is 0 Å². The van der Waals surface area contributed by atoms with Crippen molar-refractivity contribution in [2.45, 2.75) is 40.0 Å². The number of carbonyl (C=O) groups excluding carboxylic acids is 1. The fraction of sp³-hybridized carbons (Fsp3) is 0.636. The molecule has 0 aliphatic heterocycles. The van der Waals surface area contributed by atoms with Crippen LogP contribution in [0.3, 0.4) is 0 Å². The molecule has 3 heteroatoms. The van der Waals surface area contributed by atoms with E-state index in [4.69, 9.17) is 9.90 Å². The van der Waals surface area contributed by atoms with Crippen molar-refractivity contribution < 1.29 is 14.7 Å². The number of allylic oxidation sites excluding steroid dienone is 2. The first kappa shape index (κ1) is 12.9. The minimum absolute atomic E-state index is 0.323. The summed E-state index contributed by atoms with van der Waals surface area (Å²) < 4.78 is 0. The fourth-order valence-corrected chi connectivity index (χ4v) is 1.33. The number of hydrogen-bond acceptors (Lipinski definition) is 2. The van der Waals surface area contributed by atoms with E-state index in [1.807, 2.05) is 0 Å². The minimum Gasteiger partial charge on any atom is -0.481 e. The Labute approximate surface area is 84.8 Å². The lowest BCUT2D eigenvalue weighted by Crippen LogP contribution is -2.12. The molecule has 1 rings (SSSR count). The van der Waals surface area contributed by atoms with Crippen molar-refractivity contribution in [2.24, 2.45) is 5.92 Å². The molecule has 3 nitrogen and oxygen atoms in total. The van der Waals surface area contributed by atoms with Gasteiger partial charge in [-0.2, -0.15) is 0 Å². The summed E-state index contributed by atoms with van der Waals surface area (Å²) in [4.78, 5) is 19.9. The molecule has 0 amide bonds. The van der Waals surface area contributed by atoms with Crippen LogP contribution in [0.4, 0.5) is 0 Å². The summed E-state index contributed by atoms with van der Waals surface area (Å²) in [6.07, 6.45) is 5.35. The van der Waals surface area contributed by atoms with E-state index in [-0.39, 0.29) is 0 Å². The second-order valence-corrected chi connectivity index (χ2v) is 3.65. The van der Waals surface area contributed by atoms with Gasteiger partial charge in [-0.15, -0.1) is 0 Å².